The average Bonchev–Trinajstić information content (AvgIpc) is 1.86. The van der Waals surface area contributed by atoms with Crippen LogP contribution in [0.15, 0.2) is 11.6 Å². The van der Waals surface area contributed by atoms with E-state index in [9.17, 15) is 0 Å². The molecule has 0 aromatic rings. The van der Waals surface area contributed by atoms with Crippen LogP contribution in [-0.2, 0) is 0 Å². The minimum absolute atomic E-state index is 0.239. The van der Waals surface area contributed by atoms with Crippen LogP contribution in [0.25, 0.3) is 0 Å². The molecule has 0 saturated carbocycles. The number of hydrogen-bond donors (Lipinski definition) is 0. The van der Waals surface area contributed by atoms with Gasteiger partial charge in [0.1, 0.15) is 0 Å². The summed E-state index contributed by atoms with van der Waals surface area (Å²) in [5.41, 5.74) is 1.51. The van der Waals surface area contributed by atoms with Gasteiger partial charge in [0.2, 0.25) is 0 Å². The maximum Gasteiger partial charge on any atom is 0.0300 e. The molecule has 0 heteroatoms. The summed E-state index contributed by atoms with van der Waals surface area (Å²) in [6, 6.07) is 0. The second-order valence-corrected chi connectivity index (χ2v) is 3.60. The van der Waals surface area contributed by atoms with Gasteiger partial charge >= 0.3 is 0 Å². The van der Waals surface area contributed by atoms with Crippen molar-refractivity contribution in [3.63, 3.8) is 0 Å². The second kappa shape index (κ2) is 3.23. The standard InChI is InChI=1S/C10H18/c1-8(2)10-6-4-9(3)5-7-10/h4,8,10H,5-7H2,1-3H3/i8D. The van der Waals surface area contributed by atoms with Crippen molar-refractivity contribution in [1.82, 2.24) is 0 Å². The van der Waals surface area contributed by atoms with Crippen LogP contribution in [0, 0.1) is 11.8 Å². The first-order valence-electron chi connectivity index (χ1n) is 4.66. The molecule has 0 aromatic heterocycles. The Balaban J connectivity index is 2.54. The first-order valence-corrected chi connectivity index (χ1v) is 4.16. The van der Waals surface area contributed by atoms with Gasteiger partial charge in [-0.15, -0.1) is 0 Å². The van der Waals surface area contributed by atoms with E-state index in [1.54, 1.807) is 0 Å². The van der Waals surface area contributed by atoms with Crippen molar-refractivity contribution >= 4 is 0 Å². The molecule has 0 saturated heterocycles. The van der Waals surface area contributed by atoms with E-state index in [2.05, 4.69) is 13.0 Å². The largest absolute Gasteiger partial charge is 0.0853 e. The number of hydrogen-bond acceptors (Lipinski definition) is 0. The van der Waals surface area contributed by atoms with E-state index in [0.29, 0.717) is 5.92 Å². The van der Waals surface area contributed by atoms with Crippen molar-refractivity contribution in [3.05, 3.63) is 11.6 Å². The number of allylic oxidation sites excluding steroid dienone is 2. The summed E-state index contributed by atoms with van der Waals surface area (Å²) in [6.07, 6.45) is 5.82. The van der Waals surface area contributed by atoms with Crippen molar-refractivity contribution < 1.29 is 1.37 Å². The zero-order valence-corrected chi connectivity index (χ0v) is 7.28. The van der Waals surface area contributed by atoms with E-state index >= 15 is 0 Å². The van der Waals surface area contributed by atoms with Gasteiger partial charge in [-0.25, -0.2) is 0 Å². The first-order chi connectivity index (χ1) is 5.00. The third-order valence-electron chi connectivity index (χ3n) is 2.45. The maximum absolute atomic E-state index is 7.86. The molecule has 58 valence electrons. The molecule has 1 rings (SSSR count). The van der Waals surface area contributed by atoms with E-state index < -0.39 is 0 Å². The molecule has 1 aliphatic carbocycles. The van der Waals surface area contributed by atoms with Crippen LogP contribution in [0.1, 0.15) is 41.4 Å². The molecule has 10 heavy (non-hydrogen) atoms. The lowest BCUT2D eigenvalue weighted by Gasteiger charge is -2.23. The Morgan fingerprint density at radius 2 is 2.40 bits per heavy atom. The molecular formula is C10H18. The average molecular weight is 139 g/mol. The molecule has 0 aromatic carbocycles. The van der Waals surface area contributed by atoms with Gasteiger partial charge in [0, 0.05) is 1.37 Å². The van der Waals surface area contributed by atoms with E-state index in [1.807, 2.05) is 13.8 Å². The zero-order chi connectivity index (χ0) is 8.48. The van der Waals surface area contributed by atoms with Crippen molar-refractivity contribution in [1.29, 1.82) is 0 Å². The Kier molecular flexibility index (Phi) is 2.08. The first kappa shape index (κ1) is 6.45. The number of rotatable bonds is 1. The van der Waals surface area contributed by atoms with Crippen LogP contribution in [0.5, 0.6) is 0 Å². The molecule has 0 N–H and O–H groups in total. The van der Waals surface area contributed by atoms with Gasteiger partial charge in [-0.1, -0.05) is 25.5 Å². The Bertz CT molecular complexity index is 162. The van der Waals surface area contributed by atoms with Crippen molar-refractivity contribution in [2.45, 2.75) is 40.0 Å². The molecule has 0 heterocycles. The lowest BCUT2D eigenvalue weighted by molar-refractivity contribution is 0.350. The highest BCUT2D eigenvalue weighted by Crippen LogP contribution is 2.28. The monoisotopic (exact) mass is 139 g/mol. The summed E-state index contributed by atoms with van der Waals surface area (Å²) in [6.45, 7) is 6.23. The highest BCUT2D eigenvalue weighted by molar-refractivity contribution is 5.03. The molecule has 0 radical (unpaired) electrons. The molecule has 0 spiro atoms. The molecule has 0 bridgehead atoms. The van der Waals surface area contributed by atoms with Crippen LogP contribution in [0.3, 0.4) is 0 Å². The van der Waals surface area contributed by atoms with Gasteiger partial charge in [0.25, 0.3) is 0 Å². The minimum Gasteiger partial charge on any atom is -0.0853 e. The Morgan fingerprint density at radius 3 is 2.80 bits per heavy atom. The summed E-state index contributed by atoms with van der Waals surface area (Å²) < 4.78 is 7.86. The third kappa shape index (κ3) is 1.86. The molecule has 0 aliphatic heterocycles. The highest BCUT2D eigenvalue weighted by Gasteiger charge is 2.14. The molecule has 1 aliphatic rings. The Hall–Kier alpha value is -0.260. The van der Waals surface area contributed by atoms with Gasteiger partial charge in [-0.05, 0) is 38.0 Å². The zero-order valence-electron chi connectivity index (χ0n) is 8.28. The maximum atomic E-state index is 7.86. The molecule has 1 unspecified atom stereocenters. The lowest BCUT2D eigenvalue weighted by atomic mass is 9.83. The summed E-state index contributed by atoms with van der Waals surface area (Å²) >= 11 is 0. The third-order valence-corrected chi connectivity index (χ3v) is 2.45. The van der Waals surface area contributed by atoms with Gasteiger partial charge < -0.3 is 0 Å². The van der Waals surface area contributed by atoms with E-state index in [-0.39, 0.29) is 5.89 Å². The van der Waals surface area contributed by atoms with E-state index in [1.165, 1.54) is 18.4 Å². The van der Waals surface area contributed by atoms with Gasteiger partial charge in [-0.2, -0.15) is 0 Å². The Labute approximate surface area is 65.7 Å². The predicted molar refractivity (Wildman–Crippen MR) is 45.9 cm³/mol. The summed E-state index contributed by atoms with van der Waals surface area (Å²) in [7, 11) is 0. The topological polar surface area (TPSA) is 0 Å². The summed E-state index contributed by atoms with van der Waals surface area (Å²) in [5.74, 6) is 0.336. The molecule has 0 fully saturated rings. The summed E-state index contributed by atoms with van der Waals surface area (Å²) in [5, 5.41) is 0. The fourth-order valence-electron chi connectivity index (χ4n) is 1.49. The molecule has 0 amide bonds. The minimum atomic E-state index is -0.239. The predicted octanol–water partition coefficient (Wildman–Crippen LogP) is 3.39. The van der Waals surface area contributed by atoms with Gasteiger partial charge in [0.15, 0.2) is 0 Å². The normalized spacial score (nSPS) is 29.3. The smallest absolute Gasteiger partial charge is 0.0300 e. The van der Waals surface area contributed by atoms with E-state index in [4.69, 9.17) is 1.37 Å². The van der Waals surface area contributed by atoms with Crippen molar-refractivity contribution in [3.8, 4) is 0 Å². The highest BCUT2D eigenvalue weighted by atomic mass is 14.2. The quantitative estimate of drug-likeness (QED) is 0.488. The van der Waals surface area contributed by atoms with Crippen LogP contribution < -0.4 is 0 Å². The van der Waals surface area contributed by atoms with Crippen LogP contribution in [0.4, 0.5) is 0 Å². The molecular weight excluding hydrogens is 120 g/mol. The van der Waals surface area contributed by atoms with Gasteiger partial charge in [0.05, 0.1) is 0 Å². The van der Waals surface area contributed by atoms with Gasteiger partial charge in [-0.3, -0.25) is 0 Å². The fourth-order valence-corrected chi connectivity index (χ4v) is 1.49. The van der Waals surface area contributed by atoms with Crippen LogP contribution in [0.2, 0.25) is 0 Å². The second-order valence-electron chi connectivity index (χ2n) is 3.60. The van der Waals surface area contributed by atoms with E-state index in [0.717, 1.165) is 6.42 Å². The fraction of sp³-hybridized carbons (Fsp3) is 0.800. The SMILES string of the molecule is [2H]C(C)(C)C1CC=C(C)CC1. The molecule has 0 nitrogen and oxygen atoms in total. The van der Waals surface area contributed by atoms with Crippen molar-refractivity contribution in [2.24, 2.45) is 11.8 Å². The van der Waals surface area contributed by atoms with Crippen molar-refractivity contribution in [2.75, 3.05) is 0 Å². The van der Waals surface area contributed by atoms with Crippen LogP contribution >= 0.6 is 0 Å². The summed E-state index contributed by atoms with van der Waals surface area (Å²) in [4.78, 5) is 0. The Morgan fingerprint density at radius 1 is 1.70 bits per heavy atom. The molecule has 1 atom stereocenters. The lowest BCUT2D eigenvalue weighted by Crippen LogP contribution is -2.10. The van der Waals surface area contributed by atoms with Crippen LogP contribution in [-0.4, -0.2) is 0 Å².